The summed E-state index contributed by atoms with van der Waals surface area (Å²) in [7, 11) is 0. The third-order valence-electron chi connectivity index (χ3n) is 2.94. The number of amides is 2. The zero-order valence-electron chi connectivity index (χ0n) is 11.7. The van der Waals surface area contributed by atoms with Gasteiger partial charge < -0.3 is 20.5 Å². The Bertz CT molecular complexity index is 429. The zero-order chi connectivity index (χ0) is 15.0. The van der Waals surface area contributed by atoms with Crippen molar-refractivity contribution in [1.29, 1.82) is 0 Å². The van der Waals surface area contributed by atoms with Crippen LogP contribution in [0.2, 0.25) is 0 Å². The fourth-order valence-corrected chi connectivity index (χ4v) is 1.49. The molecule has 2 atom stereocenters. The van der Waals surface area contributed by atoms with Crippen LogP contribution in [-0.2, 0) is 0 Å². The molecule has 0 spiro atoms. The number of alkyl halides is 1. The quantitative estimate of drug-likeness (QED) is 0.718. The minimum Gasteiger partial charge on any atom is -0.491 e. The van der Waals surface area contributed by atoms with Crippen molar-refractivity contribution >= 4 is 11.7 Å². The van der Waals surface area contributed by atoms with E-state index < -0.39 is 6.67 Å². The van der Waals surface area contributed by atoms with Gasteiger partial charge in [0.25, 0.3) is 0 Å². The lowest BCUT2D eigenvalue weighted by Gasteiger charge is -2.19. The smallest absolute Gasteiger partial charge is 0.319 e. The average molecular weight is 284 g/mol. The van der Waals surface area contributed by atoms with Gasteiger partial charge in [0.15, 0.2) is 0 Å². The molecule has 20 heavy (non-hydrogen) atoms. The van der Waals surface area contributed by atoms with E-state index in [0.717, 1.165) is 0 Å². The molecule has 0 aliphatic carbocycles. The van der Waals surface area contributed by atoms with E-state index in [9.17, 15) is 9.18 Å². The first-order valence-corrected chi connectivity index (χ1v) is 6.54. The Morgan fingerprint density at radius 1 is 1.45 bits per heavy atom. The molecule has 0 saturated carbocycles. The minimum absolute atomic E-state index is 0.00794. The highest BCUT2D eigenvalue weighted by atomic mass is 19.1. The number of hydrogen-bond acceptors (Lipinski definition) is 3. The van der Waals surface area contributed by atoms with Crippen molar-refractivity contribution in [1.82, 2.24) is 5.32 Å². The topological polar surface area (TPSA) is 70.6 Å². The molecular formula is C14H21FN2O3. The minimum atomic E-state index is -0.561. The number of halogens is 1. The van der Waals surface area contributed by atoms with Gasteiger partial charge in [-0.2, -0.15) is 0 Å². The number of anilines is 1. The monoisotopic (exact) mass is 284 g/mol. The van der Waals surface area contributed by atoms with Crippen molar-refractivity contribution in [3.8, 4) is 5.75 Å². The normalized spacial score (nSPS) is 13.4. The summed E-state index contributed by atoms with van der Waals surface area (Å²) < 4.78 is 17.2. The largest absolute Gasteiger partial charge is 0.491 e. The lowest BCUT2D eigenvalue weighted by Crippen LogP contribution is -2.40. The molecule has 0 radical (unpaired) electrons. The first-order chi connectivity index (χ1) is 9.56. The lowest BCUT2D eigenvalue weighted by atomic mass is 10.1. The molecule has 2 amide bonds. The summed E-state index contributed by atoms with van der Waals surface area (Å²) in [5.74, 6) is 0.470. The van der Waals surface area contributed by atoms with E-state index in [0.29, 0.717) is 11.4 Å². The van der Waals surface area contributed by atoms with Crippen molar-refractivity contribution in [2.75, 3.05) is 25.2 Å². The van der Waals surface area contributed by atoms with E-state index in [-0.39, 0.29) is 31.2 Å². The third-order valence-corrected chi connectivity index (χ3v) is 2.94. The van der Waals surface area contributed by atoms with Gasteiger partial charge in [-0.15, -0.1) is 0 Å². The summed E-state index contributed by atoms with van der Waals surface area (Å²) in [5, 5.41) is 14.4. The van der Waals surface area contributed by atoms with Crippen LogP contribution in [0.1, 0.15) is 13.8 Å². The molecule has 6 heteroatoms. The molecule has 1 aromatic rings. The number of aliphatic hydroxyl groups excluding tert-OH is 1. The number of hydrogen-bond donors (Lipinski definition) is 3. The standard InChI is InChI=1S/C14H21FN2O3/c1-10(9-18)11(2)16-14(19)17-12-4-3-5-13(8-12)20-7-6-15/h3-5,8,10-11,18H,6-7,9H2,1-2H3,(H2,16,17,19). The fraction of sp³-hybridized carbons (Fsp3) is 0.500. The molecule has 112 valence electrons. The predicted molar refractivity (Wildman–Crippen MR) is 75.8 cm³/mol. The number of carbonyl (C=O) groups excluding carboxylic acids is 1. The van der Waals surface area contributed by atoms with E-state index in [2.05, 4.69) is 10.6 Å². The fourth-order valence-electron chi connectivity index (χ4n) is 1.49. The van der Waals surface area contributed by atoms with Gasteiger partial charge in [0.05, 0.1) is 0 Å². The van der Waals surface area contributed by atoms with Crippen LogP contribution < -0.4 is 15.4 Å². The lowest BCUT2D eigenvalue weighted by molar-refractivity contribution is 0.204. The van der Waals surface area contributed by atoms with Crippen molar-refractivity contribution in [2.45, 2.75) is 19.9 Å². The molecule has 0 bridgehead atoms. The molecule has 0 aliphatic rings. The Morgan fingerprint density at radius 2 is 2.20 bits per heavy atom. The summed E-state index contributed by atoms with van der Waals surface area (Å²) in [6, 6.07) is 6.22. The number of ether oxygens (including phenoxy) is 1. The summed E-state index contributed by atoms with van der Waals surface area (Å²) in [5.41, 5.74) is 0.558. The highest BCUT2D eigenvalue weighted by molar-refractivity contribution is 5.89. The summed E-state index contributed by atoms with van der Waals surface area (Å²) >= 11 is 0. The van der Waals surface area contributed by atoms with Crippen LogP contribution in [0.15, 0.2) is 24.3 Å². The average Bonchev–Trinajstić information content (AvgIpc) is 2.44. The van der Waals surface area contributed by atoms with E-state index in [4.69, 9.17) is 9.84 Å². The molecule has 2 unspecified atom stereocenters. The van der Waals surface area contributed by atoms with Gasteiger partial charge in [-0.25, -0.2) is 9.18 Å². The molecule has 0 saturated heterocycles. The molecule has 1 aromatic carbocycles. The molecule has 0 aromatic heterocycles. The molecule has 0 aliphatic heterocycles. The predicted octanol–water partition coefficient (Wildman–Crippen LogP) is 2.17. The van der Waals surface area contributed by atoms with Crippen LogP contribution in [0.5, 0.6) is 5.75 Å². The van der Waals surface area contributed by atoms with Crippen LogP contribution in [0, 0.1) is 5.92 Å². The van der Waals surface area contributed by atoms with Crippen LogP contribution in [0.25, 0.3) is 0 Å². The Balaban J connectivity index is 2.53. The van der Waals surface area contributed by atoms with Gasteiger partial charge in [-0.3, -0.25) is 0 Å². The van der Waals surface area contributed by atoms with Gasteiger partial charge in [0, 0.05) is 24.4 Å². The summed E-state index contributed by atoms with van der Waals surface area (Å²) in [6.07, 6.45) is 0. The van der Waals surface area contributed by atoms with Crippen LogP contribution in [0.3, 0.4) is 0 Å². The first kappa shape index (κ1) is 16.2. The number of urea groups is 1. The van der Waals surface area contributed by atoms with Crippen molar-refractivity contribution in [2.24, 2.45) is 5.92 Å². The zero-order valence-corrected chi connectivity index (χ0v) is 11.7. The van der Waals surface area contributed by atoms with E-state index in [1.165, 1.54) is 0 Å². The molecule has 3 N–H and O–H groups in total. The highest BCUT2D eigenvalue weighted by Gasteiger charge is 2.13. The van der Waals surface area contributed by atoms with E-state index in [1.807, 2.05) is 13.8 Å². The molecule has 0 fully saturated rings. The summed E-state index contributed by atoms with van der Waals surface area (Å²) in [6.45, 7) is 3.10. The van der Waals surface area contributed by atoms with Crippen LogP contribution in [0.4, 0.5) is 14.9 Å². The SMILES string of the molecule is CC(CO)C(C)NC(=O)Nc1cccc(OCCF)c1. The number of rotatable bonds is 7. The van der Waals surface area contributed by atoms with Crippen molar-refractivity contribution < 1.29 is 19.0 Å². The van der Waals surface area contributed by atoms with Gasteiger partial charge in [-0.1, -0.05) is 13.0 Å². The Labute approximate surface area is 118 Å². The number of benzene rings is 1. The molecule has 0 heterocycles. The highest BCUT2D eigenvalue weighted by Crippen LogP contribution is 2.17. The second-order valence-electron chi connectivity index (χ2n) is 4.61. The molecular weight excluding hydrogens is 263 g/mol. The number of nitrogens with one attached hydrogen (secondary N) is 2. The van der Waals surface area contributed by atoms with Gasteiger partial charge in [0.1, 0.15) is 19.0 Å². The first-order valence-electron chi connectivity index (χ1n) is 6.54. The van der Waals surface area contributed by atoms with E-state index >= 15 is 0 Å². The maximum Gasteiger partial charge on any atom is 0.319 e. The van der Waals surface area contributed by atoms with Crippen molar-refractivity contribution in [3.63, 3.8) is 0 Å². The Hall–Kier alpha value is -1.82. The number of carbonyl (C=O) groups is 1. The maximum absolute atomic E-state index is 12.0. The molecule has 5 nitrogen and oxygen atoms in total. The Morgan fingerprint density at radius 3 is 2.85 bits per heavy atom. The third kappa shape index (κ3) is 5.44. The Kier molecular flexibility index (Phi) is 6.79. The van der Waals surface area contributed by atoms with Gasteiger partial charge in [-0.05, 0) is 25.0 Å². The van der Waals surface area contributed by atoms with Gasteiger partial charge >= 0.3 is 6.03 Å². The van der Waals surface area contributed by atoms with Gasteiger partial charge in [0.2, 0.25) is 0 Å². The summed E-state index contributed by atoms with van der Waals surface area (Å²) in [4.78, 5) is 11.8. The van der Waals surface area contributed by atoms with Crippen LogP contribution in [-0.4, -0.2) is 37.1 Å². The van der Waals surface area contributed by atoms with Crippen LogP contribution >= 0.6 is 0 Å². The number of aliphatic hydroxyl groups is 1. The van der Waals surface area contributed by atoms with Crippen molar-refractivity contribution in [3.05, 3.63) is 24.3 Å². The second-order valence-corrected chi connectivity index (χ2v) is 4.61. The maximum atomic E-state index is 12.0. The second kappa shape index (κ2) is 8.37. The van der Waals surface area contributed by atoms with E-state index in [1.54, 1.807) is 24.3 Å². The molecule has 1 rings (SSSR count).